The summed E-state index contributed by atoms with van der Waals surface area (Å²) in [6.07, 6.45) is 0. The summed E-state index contributed by atoms with van der Waals surface area (Å²) in [5.41, 5.74) is 0. The smallest absolute Gasteiger partial charge is 0.0339 e. The van der Waals surface area contributed by atoms with E-state index < -0.39 is 0 Å². The van der Waals surface area contributed by atoms with Crippen molar-refractivity contribution in [2.45, 2.75) is 6.04 Å². The Kier molecular flexibility index (Phi) is 17.4. The minimum absolute atomic E-state index is 0. The minimum Gasteiger partial charge on any atom is -0.314 e. The maximum Gasteiger partial charge on any atom is 0.0339 e. The third-order valence-electron chi connectivity index (χ3n) is 1.97. The molecule has 13 heavy (non-hydrogen) atoms. The first-order valence-electron chi connectivity index (χ1n) is 3.88. The molecule has 1 aliphatic rings. The lowest BCUT2D eigenvalue weighted by Crippen LogP contribution is -2.40. The average molecular weight is 386 g/mol. The van der Waals surface area contributed by atoms with Crippen LogP contribution in [0.5, 0.6) is 0 Å². The van der Waals surface area contributed by atoms with Gasteiger partial charge < -0.3 is 15.5 Å². The Morgan fingerprint density at radius 3 is 1.62 bits per heavy atom. The fourth-order valence-corrected chi connectivity index (χ4v) is 1.15. The average Bonchev–Trinajstić information content (AvgIpc) is 2.12. The van der Waals surface area contributed by atoms with E-state index in [1.165, 1.54) is 0 Å². The van der Waals surface area contributed by atoms with Gasteiger partial charge in [0.1, 0.15) is 0 Å². The molecule has 6 heteroatoms. The summed E-state index contributed by atoms with van der Waals surface area (Å²) in [6.45, 7) is 4.43. The largest absolute Gasteiger partial charge is 0.314 e. The van der Waals surface area contributed by atoms with E-state index in [0.29, 0.717) is 6.04 Å². The van der Waals surface area contributed by atoms with Crippen molar-refractivity contribution in [3.05, 3.63) is 0 Å². The lowest BCUT2D eigenvalue weighted by atomic mass is 10.3. The lowest BCUT2D eigenvalue weighted by Gasteiger charge is -2.21. The monoisotopic (exact) mass is 383 g/mol. The molecule has 0 saturated carbocycles. The highest BCUT2D eigenvalue weighted by Crippen LogP contribution is 1.91. The quantitative estimate of drug-likeness (QED) is 0.700. The van der Waals surface area contributed by atoms with Crippen LogP contribution < -0.4 is 10.6 Å². The number of likely N-dealkylation sites (N-methyl/N-ethyl adjacent to an activating group) is 1. The molecule has 0 aliphatic carbocycles. The summed E-state index contributed by atoms with van der Waals surface area (Å²) in [5.74, 6) is 0. The molecule has 0 spiro atoms. The molecule has 0 atom stereocenters. The van der Waals surface area contributed by atoms with Gasteiger partial charge in [-0.1, -0.05) is 0 Å². The zero-order valence-electron chi connectivity index (χ0n) is 8.08. The van der Waals surface area contributed by atoms with Crippen molar-refractivity contribution in [1.82, 2.24) is 15.5 Å². The Morgan fingerprint density at radius 2 is 1.31 bits per heavy atom. The zero-order valence-corrected chi connectivity index (χ0v) is 13.2. The second kappa shape index (κ2) is 11.4. The van der Waals surface area contributed by atoms with Gasteiger partial charge in [-0.15, -0.1) is 50.9 Å². The normalized spacial score (nSPS) is 17.8. The van der Waals surface area contributed by atoms with Crippen molar-refractivity contribution in [2.75, 3.05) is 40.3 Å². The first-order valence-corrected chi connectivity index (χ1v) is 3.88. The van der Waals surface area contributed by atoms with E-state index in [1.54, 1.807) is 0 Å². The number of nitrogens with zero attached hydrogens (tertiary/aromatic N) is 1. The van der Waals surface area contributed by atoms with E-state index in [1.807, 2.05) is 0 Å². The molecule has 0 aromatic rings. The molecule has 1 saturated heterocycles. The molecule has 0 aromatic heterocycles. The molecular formula is C7H20Br3N3. The van der Waals surface area contributed by atoms with Gasteiger partial charge in [0.25, 0.3) is 0 Å². The van der Waals surface area contributed by atoms with Gasteiger partial charge in [-0.2, -0.15) is 0 Å². The highest BCUT2D eigenvalue weighted by atomic mass is 79.9. The summed E-state index contributed by atoms with van der Waals surface area (Å²) < 4.78 is 0. The van der Waals surface area contributed by atoms with E-state index in [0.717, 1.165) is 26.2 Å². The van der Waals surface area contributed by atoms with Gasteiger partial charge in [-0.05, 0) is 14.1 Å². The van der Waals surface area contributed by atoms with E-state index in [-0.39, 0.29) is 50.9 Å². The lowest BCUT2D eigenvalue weighted by molar-refractivity contribution is 0.290. The Labute approximate surface area is 112 Å². The second-order valence-corrected chi connectivity index (χ2v) is 3.03. The number of hydrogen-bond donors (Lipinski definition) is 2. The van der Waals surface area contributed by atoms with Gasteiger partial charge >= 0.3 is 0 Å². The van der Waals surface area contributed by atoms with Crippen molar-refractivity contribution in [2.24, 2.45) is 0 Å². The molecule has 0 bridgehead atoms. The molecule has 3 nitrogen and oxygen atoms in total. The molecule has 1 fully saturated rings. The van der Waals surface area contributed by atoms with Gasteiger partial charge in [0.05, 0.1) is 0 Å². The van der Waals surface area contributed by atoms with Crippen molar-refractivity contribution in [3.8, 4) is 0 Å². The standard InChI is InChI=1S/C7H17N3.3BrH/c1-10(2)7-5-8-3-4-9-6-7;;;/h7-9H,3-6H2,1-2H3;3*1H. The molecule has 84 valence electrons. The third kappa shape index (κ3) is 8.32. The highest BCUT2D eigenvalue weighted by Gasteiger charge is 2.11. The Hall–Kier alpha value is 1.32. The van der Waals surface area contributed by atoms with Crippen molar-refractivity contribution in [3.63, 3.8) is 0 Å². The fraction of sp³-hybridized carbons (Fsp3) is 1.00. The molecule has 0 radical (unpaired) electrons. The SMILES string of the molecule is Br.Br.Br.CN(C)C1CNCCNC1. The van der Waals surface area contributed by atoms with Crippen molar-refractivity contribution in [1.29, 1.82) is 0 Å². The number of rotatable bonds is 1. The number of hydrogen-bond acceptors (Lipinski definition) is 3. The summed E-state index contributed by atoms with van der Waals surface area (Å²) in [6, 6.07) is 0.655. The van der Waals surface area contributed by atoms with Crippen LogP contribution in [0.25, 0.3) is 0 Å². The van der Waals surface area contributed by atoms with Crippen molar-refractivity contribution >= 4 is 50.9 Å². The summed E-state index contributed by atoms with van der Waals surface area (Å²) in [5, 5.41) is 6.75. The molecule has 0 amide bonds. The summed E-state index contributed by atoms with van der Waals surface area (Å²) in [7, 11) is 4.25. The Morgan fingerprint density at radius 1 is 0.923 bits per heavy atom. The van der Waals surface area contributed by atoms with Crippen molar-refractivity contribution < 1.29 is 0 Å². The minimum atomic E-state index is 0. The molecule has 0 unspecified atom stereocenters. The Balaban J connectivity index is -0.000000333. The van der Waals surface area contributed by atoms with E-state index in [2.05, 4.69) is 29.6 Å². The summed E-state index contributed by atoms with van der Waals surface area (Å²) >= 11 is 0. The fourth-order valence-electron chi connectivity index (χ4n) is 1.15. The Bertz CT molecular complexity index is 95.0. The topological polar surface area (TPSA) is 27.3 Å². The molecule has 1 rings (SSSR count). The van der Waals surface area contributed by atoms with Crippen LogP contribution in [0.15, 0.2) is 0 Å². The van der Waals surface area contributed by atoms with Gasteiger partial charge in [-0.25, -0.2) is 0 Å². The maximum atomic E-state index is 3.37. The van der Waals surface area contributed by atoms with E-state index in [4.69, 9.17) is 0 Å². The highest BCUT2D eigenvalue weighted by molar-refractivity contribution is 8.93. The number of halogens is 3. The van der Waals surface area contributed by atoms with Crippen LogP contribution >= 0.6 is 50.9 Å². The van der Waals surface area contributed by atoms with Crippen LogP contribution in [-0.4, -0.2) is 51.2 Å². The first-order chi connectivity index (χ1) is 4.80. The predicted molar refractivity (Wildman–Crippen MR) is 74.2 cm³/mol. The zero-order chi connectivity index (χ0) is 7.40. The van der Waals surface area contributed by atoms with E-state index >= 15 is 0 Å². The summed E-state index contributed by atoms with van der Waals surface area (Å²) in [4.78, 5) is 2.26. The van der Waals surface area contributed by atoms with Crippen LogP contribution in [-0.2, 0) is 0 Å². The molecular weight excluding hydrogens is 366 g/mol. The second-order valence-electron chi connectivity index (χ2n) is 3.03. The van der Waals surface area contributed by atoms with Gasteiger partial charge in [0, 0.05) is 32.2 Å². The van der Waals surface area contributed by atoms with Gasteiger partial charge in [-0.3, -0.25) is 0 Å². The van der Waals surface area contributed by atoms with Crippen LogP contribution in [0.3, 0.4) is 0 Å². The predicted octanol–water partition coefficient (Wildman–Crippen LogP) is 0.843. The molecule has 2 N–H and O–H groups in total. The maximum absolute atomic E-state index is 3.37. The number of nitrogens with one attached hydrogen (secondary N) is 2. The van der Waals surface area contributed by atoms with E-state index in [9.17, 15) is 0 Å². The van der Waals surface area contributed by atoms with Crippen LogP contribution in [0.2, 0.25) is 0 Å². The third-order valence-corrected chi connectivity index (χ3v) is 1.97. The van der Waals surface area contributed by atoms with Gasteiger partial charge in [0.15, 0.2) is 0 Å². The van der Waals surface area contributed by atoms with Crippen LogP contribution in [0, 0.1) is 0 Å². The molecule has 1 aliphatic heterocycles. The van der Waals surface area contributed by atoms with Gasteiger partial charge in [0.2, 0.25) is 0 Å². The molecule has 0 aromatic carbocycles. The molecule has 1 heterocycles. The van der Waals surface area contributed by atoms with Crippen LogP contribution in [0.1, 0.15) is 0 Å². The van der Waals surface area contributed by atoms with Crippen LogP contribution in [0.4, 0.5) is 0 Å². The first kappa shape index (κ1) is 19.8.